The average Bonchev–Trinajstić information content (AvgIpc) is 2.54. The number of hydrogen-bond donors (Lipinski definition) is 1. The van der Waals surface area contributed by atoms with E-state index in [2.05, 4.69) is 36.2 Å². The quantitative estimate of drug-likeness (QED) is 0.423. The molecule has 0 aliphatic carbocycles. The SMILES string of the molecule is F.F.F.F.F.F.Sc1cc(-c2ccccc2)cs1.[As]. The number of thiol groups is 1. The van der Waals surface area contributed by atoms with Gasteiger partial charge < -0.3 is 0 Å². The van der Waals surface area contributed by atoms with Gasteiger partial charge in [0.25, 0.3) is 0 Å². The predicted molar refractivity (Wildman–Crippen MR) is 77.8 cm³/mol. The van der Waals surface area contributed by atoms with Gasteiger partial charge in [0.05, 0.1) is 4.21 Å². The second-order valence-electron chi connectivity index (χ2n) is 2.54. The molecule has 2 rings (SSSR count). The summed E-state index contributed by atoms with van der Waals surface area (Å²) in [4.78, 5) is 0. The summed E-state index contributed by atoms with van der Waals surface area (Å²) in [6, 6.07) is 12.4. The summed E-state index contributed by atoms with van der Waals surface area (Å²) in [6.45, 7) is 0. The minimum Gasteiger partial charge on any atom is -0.269 e. The van der Waals surface area contributed by atoms with E-state index in [1.54, 1.807) is 11.3 Å². The smallest absolute Gasteiger partial charge is 0.0574 e. The molecule has 113 valence electrons. The molecule has 0 fully saturated rings. The van der Waals surface area contributed by atoms with E-state index in [9.17, 15) is 0 Å². The number of hydrogen-bond acceptors (Lipinski definition) is 2. The van der Waals surface area contributed by atoms with Gasteiger partial charge in [-0.15, -0.1) is 24.0 Å². The van der Waals surface area contributed by atoms with Crippen molar-refractivity contribution in [1.29, 1.82) is 0 Å². The van der Waals surface area contributed by atoms with Crippen LogP contribution in [0, 0.1) is 0 Å². The fourth-order valence-electron chi connectivity index (χ4n) is 1.11. The Morgan fingerprint density at radius 2 is 1.21 bits per heavy atom. The van der Waals surface area contributed by atoms with Crippen molar-refractivity contribution in [1.82, 2.24) is 0 Å². The molecule has 19 heavy (non-hydrogen) atoms. The van der Waals surface area contributed by atoms with Gasteiger partial charge in [0, 0.05) is 18.0 Å². The van der Waals surface area contributed by atoms with E-state index >= 15 is 0 Å². The molecule has 0 nitrogen and oxygen atoms in total. The third-order valence-corrected chi connectivity index (χ3v) is 2.87. The Labute approximate surface area is 127 Å². The Kier molecular flexibility index (Phi) is 33.2. The van der Waals surface area contributed by atoms with Gasteiger partial charge in [-0.3, -0.25) is 28.2 Å². The van der Waals surface area contributed by atoms with Crippen LogP contribution in [0.15, 0.2) is 46.0 Å². The van der Waals surface area contributed by atoms with Crippen molar-refractivity contribution in [3.8, 4) is 11.1 Å². The Balaban J connectivity index is -0.0000000604. The van der Waals surface area contributed by atoms with E-state index in [0.717, 1.165) is 4.21 Å². The number of rotatable bonds is 1. The first-order chi connectivity index (χ1) is 5.86. The maximum absolute atomic E-state index is 4.27. The normalized spacial score (nSPS) is 6.37. The molecule has 0 N–H and O–H groups in total. The third-order valence-electron chi connectivity index (χ3n) is 1.69. The maximum Gasteiger partial charge on any atom is 0.0574 e. The molecule has 0 unspecified atom stereocenters. The average molecular weight is 387 g/mol. The number of benzene rings is 1. The van der Waals surface area contributed by atoms with E-state index in [1.165, 1.54) is 11.1 Å². The van der Waals surface area contributed by atoms with Crippen LogP contribution < -0.4 is 0 Å². The number of thiophene rings is 1. The van der Waals surface area contributed by atoms with Gasteiger partial charge in [-0.05, 0) is 22.6 Å². The van der Waals surface area contributed by atoms with Crippen LogP contribution >= 0.6 is 24.0 Å². The molecule has 0 amide bonds. The summed E-state index contributed by atoms with van der Waals surface area (Å²) in [6.07, 6.45) is 0. The van der Waals surface area contributed by atoms with Gasteiger partial charge in [0.1, 0.15) is 0 Å². The third kappa shape index (κ3) is 9.92. The molecule has 2 aromatic rings. The van der Waals surface area contributed by atoms with E-state index in [1.807, 2.05) is 18.2 Å². The van der Waals surface area contributed by atoms with Crippen LogP contribution in [0.1, 0.15) is 0 Å². The first-order valence-electron chi connectivity index (χ1n) is 3.69. The van der Waals surface area contributed by atoms with Gasteiger partial charge in [0.15, 0.2) is 0 Å². The van der Waals surface area contributed by atoms with Crippen molar-refractivity contribution < 1.29 is 28.2 Å². The van der Waals surface area contributed by atoms with Crippen LogP contribution in [0.2, 0.25) is 0 Å². The molecule has 0 spiro atoms. The Morgan fingerprint density at radius 3 is 1.58 bits per heavy atom. The van der Waals surface area contributed by atoms with Crippen molar-refractivity contribution in [2.75, 3.05) is 0 Å². The Bertz CT molecular complexity index is 385. The molecular weight excluding hydrogens is 373 g/mol. The molecule has 0 saturated carbocycles. The van der Waals surface area contributed by atoms with E-state index in [-0.39, 0.29) is 46.2 Å². The molecule has 9 heteroatoms. The van der Waals surface area contributed by atoms with Gasteiger partial charge in [-0.25, -0.2) is 0 Å². The zero-order chi connectivity index (χ0) is 8.39. The molecule has 3 radical (unpaired) electrons. The van der Waals surface area contributed by atoms with E-state index in [0.29, 0.717) is 0 Å². The zero-order valence-corrected chi connectivity index (χ0v) is 12.9. The van der Waals surface area contributed by atoms with Gasteiger partial charge in [0.2, 0.25) is 0 Å². The van der Waals surface area contributed by atoms with Gasteiger partial charge in [-0.2, -0.15) is 0 Å². The molecule has 1 heterocycles. The first-order valence-corrected chi connectivity index (χ1v) is 5.02. The second kappa shape index (κ2) is 17.4. The summed E-state index contributed by atoms with van der Waals surface area (Å²) in [5.41, 5.74) is 2.51. The van der Waals surface area contributed by atoms with Crippen LogP contribution in [0.5, 0.6) is 0 Å². The summed E-state index contributed by atoms with van der Waals surface area (Å²) >= 11 is 5.94. The summed E-state index contributed by atoms with van der Waals surface area (Å²) in [5, 5.41) is 2.12. The summed E-state index contributed by atoms with van der Waals surface area (Å²) < 4.78 is 1.06. The van der Waals surface area contributed by atoms with E-state index < -0.39 is 0 Å². The zero-order valence-electron chi connectivity index (χ0n) is 9.29. The standard InChI is InChI=1S/C10H8S2.As.6FH/c11-10-6-9(7-12-10)8-4-2-1-3-5-8;;;;;;;/h1-7,11H;;6*1H. The monoisotopic (exact) mass is 387 g/mol. The van der Waals surface area contributed by atoms with E-state index in [4.69, 9.17) is 0 Å². The predicted octanol–water partition coefficient (Wildman–Crippen LogP) is 4.24. The van der Waals surface area contributed by atoms with Crippen LogP contribution in [-0.4, -0.2) is 18.0 Å². The van der Waals surface area contributed by atoms with Crippen molar-refractivity contribution in [2.45, 2.75) is 4.21 Å². The Morgan fingerprint density at radius 1 is 0.737 bits per heavy atom. The van der Waals surface area contributed by atoms with Crippen molar-refractivity contribution in [2.24, 2.45) is 0 Å². The van der Waals surface area contributed by atoms with Crippen LogP contribution in [0.25, 0.3) is 11.1 Å². The first kappa shape index (κ1) is 36.2. The molecule has 1 aromatic carbocycles. The molecule has 0 aliphatic heterocycles. The second-order valence-corrected chi connectivity index (χ2v) is 4.24. The van der Waals surface area contributed by atoms with Crippen molar-refractivity contribution in [3.05, 3.63) is 41.8 Å². The fourth-order valence-corrected chi connectivity index (χ4v) is 2.05. The molecular formula is C10H14AsF6S2. The van der Waals surface area contributed by atoms with Crippen LogP contribution in [-0.2, 0) is 0 Å². The topological polar surface area (TPSA) is 0 Å². The molecule has 0 bridgehead atoms. The van der Waals surface area contributed by atoms with Gasteiger partial charge >= 0.3 is 0 Å². The van der Waals surface area contributed by atoms with Crippen LogP contribution in [0.4, 0.5) is 28.2 Å². The van der Waals surface area contributed by atoms with Gasteiger partial charge in [-0.1, -0.05) is 30.3 Å². The largest absolute Gasteiger partial charge is 0.269 e. The Hall–Kier alpha value is -0.592. The fraction of sp³-hybridized carbons (Fsp3) is 0. The minimum absolute atomic E-state index is 0. The molecule has 0 atom stereocenters. The molecule has 0 aliphatic rings. The maximum atomic E-state index is 4.27. The minimum atomic E-state index is 0. The summed E-state index contributed by atoms with van der Waals surface area (Å²) in [7, 11) is 0. The molecule has 1 aromatic heterocycles. The van der Waals surface area contributed by atoms with Crippen LogP contribution in [0.3, 0.4) is 0 Å². The number of halogens is 6. The van der Waals surface area contributed by atoms with Crippen molar-refractivity contribution in [3.63, 3.8) is 0 Å². The summed E-state index contributed by atoms with van der Waals surface area (Å²) in [5.74, 6) is 0. The molecule has 0 saturated heterocycles. The van der Waals surface area contributed by atoms with Crippen molar-refractivity contribution >= 4 is 41.9 Å².